The maximum Gasteiger partial charge on any atom is 0.0359 e. The Morgan fingerprint density at radius 3 is 2.94 bits per heavy atom. The van der Waals surface area contributed by atoms with Crippen LogP contribution >= 0.6 is 11.8 Å². The summed E-state index contributed by atoms with van der Waals surface area (Å²) in [6, 6.07) is 8.80. The fourth-order valence-electron chi connectivity index (χ4n) is 2.51. The third-order valence-corrected chi connectivity index (χ3v) is 4.77. The molecule has 2 unspecified atom stereocenters. The zero-order chi connectivity index (χ0) is 12.1. The molecule has 1 aromatic carbocycles. The highest BCUT2D eigenvalue weighted by molar-refractivity contribution is 7.99. The Morgan fingerprint density at radius 2 is 2.18 bits per heavy atom. The van der Waals surface area contributed by atoms with Crippen molar-refractivity contribution in [3.63, 3.8) is 0 Å². The Bertz CT molecular complexity index is 354. The van der Waals surface area contributed by atoms with Gasteiger partial charge in [0.05, 0.1) is 0 Å². The van der Waals surface area contributed by atoms with Crippen LogP contribution in [0.3, 0.4) is 0 Å². The number of thioether (sulfide) groups is 1. The average molecular weight is 250 g/mol. The number of hydrogen-bond acceptors (Lipinski definition) is 3. The Balaban J connectivity index is 1.87. The summed E-state index contributed by atoms with van der Waals surface area (Å²) < 4.78 is 0. The molecule has 1 aliphatic carbocycles. The van der Waals surface area contributed by atoms with E-state index >= 15 is 0 Å². The van der Waals surface area contributed by atoms with Gasteiger partial charge < -0.3 is 11.1 Å². The normalized spacial score (nSPS) is 24.1. The van der Waals surface area contributed by atoms with Crippen molar-refractivity contribution in [2.75, 3.05) is 11.5 Å². The number of nitrogens with two attached hydrogens (primary N) is 1. The molecule has 0 bridgehead atoms. The summed E-state index contributed by atoms with van der Waals surface area (Å²) in [6.07, 6.45) is 4.03. The number of benzene rings is 1. The molecule has 0 aromatic heterocycles. The van der Waals surface area contributed by atoms with Crippen LogP contribution in [-0.4, -0.2) is 17.0 Å². The van der Waals surface area contributed by atoms with Crippen LogP contribution in [-0.2, 0) is 6.54 Å². The Kier molecular flexibility index (Phi) is 4.75. The van der Waals surface area contributed by atoms with Crippen LogP contribution in [0.5, 0.6) is 0 Å². The number of rotatable bonds is 5. The Hall–Kier alpha value is -0.670. The van der Waals surface area contributed by atoms with Crippen molar-refractivity contribution in [1.82, 2.24) is 5.32 Å². The monoisotopic (exact) mass is 250 g/mol. The van der Waals surface area contributed by atoms with Gasteiger partial charge in [-0.2, -0.15) is 11.8 Å². The molecule has 17 heavy (non-hydrogen) atoms. The highest BCUT2D eigenvalue weighted by Gasteiger charge is 2.26. The molecular weight excluding hydrogens is 228 g/mol. The van der Waals surface area contributed by atoms with E-state index in [2.05, 4.69) is 36.1 Å². The molecule has 0 amide bonds. The van der Waals surface area contributed by atoms with Gasteiger partial charge in [-0.25, -0.2) is 0 Å². The number of hydrogen-bond donors (Lipinski definition) is 2. The van der Waals surface area contributed by atoms with Crippen molar-refractivity contribution in [2.24, 2.45) is 0 Å². The first kappa shape index (κ1) is 12.8. The Morgan fingerprint density at radius 1 is 1.35 bits per heavy atom. The predicted molar refractivity (Wildman–Crippen MR) is 77.3 cm³/mol. The van der Waals surface area contributed by atoms with Crippen molar-refractivity contribution < 1.29 is 0 Å². The molecule has 0 heterocycles. The average Bonchev–Trinajstić information content (AvgIpc) is 2.76. The second kappa shape index (κ2) is 6.31. The minimum Gasteiger partial charge on any atom is -0.398 e. The van der Waals surface area contributed by atoms with E-state index in [9.17, 15) is 0 Å². The number of anilines is 1. The standard InChI is InChI=1S/C14H22N2S/c1-2-17-14-9-5-8-13(14)16-10-11-6-3-4-7-12(11)15/h3-4,6-7,13-14,16H,2,5,8-10,15H2,1H3. The maximum absolute atomic E-state index is 5.95. The highest BCUT2D eigenvalue weighted by atomic mass is 32.2. The van der Waals surface area contributed by atoms with Crippen LogP contribution in [0.4, 0.5) is 5.69 Å². The van der Waals surface area contributed by atoms with Crippen molar-refractivity contribution in [1.29, 1.82) is 0 Å². The summed E-state index contributed by atoms with van der Waals surface area (Å²) in [6.45, 7) is 3.15. The van der Waals surface area contributed by atoms with Gasteiger partial charge in [0, 0.05) is 23.5 Å². The zero-order valence-electron chi connectivity index (χ0n) is 10.5. The van der Waals surface area contributed by atoms with Crippen LogP contribution < -0.4 is 11.1 Å². The number of nitrogen functional groups attached to an aromatic ring is 1. The van der Waals surface area contributed by atoms with Gasteiger partial charge in [0.2, 0.25) is 0 Å². The van der Waals surface area contributed by atoms with E-state index < -0.39 is 0 Å². The number of para-hydroxylation sites is 1. The molecular formula is C14H22N2S. The third kappa shape index (κ3) is 3.39. The molecule has 0 spiro atoms. The van der Waals surface area contributed by atoms with Crippen molar-refractivity contribution in [3.8, 4) is 0 Å². The molecule has 2 nitrogen and oxygen atoms in total. The summed E-state index contributed by atoms with van der Waals surface area (Å²) >= 11 is 2.09. The molecule has 0 saturated heterocycles. The quantitative estimate of drug-likeness (QED) is 0.789. The minimum absolute atomic E-state index is 0.666. The second-order valence-corrected chi connectivity index (χ2v) is 6.13. The van der Waals surface area contributed by atoms with Gasteiger partial charge in [0.15, 0.2) is 0 Å². The largest absolute Gasteiger partial charge is 0.398 e. The zero-order valence-corrected chi connectivity index (χ0v) is 11.3. The molecule has 2 rings (SSSR count). The van der Waals surface area contributed by atoms with Gasteiger partial charge in [0.1, 0.15) is 0 Å². The van der Waals surface area contributed by atoms with Crippen LogP contribution in [0, 0.1) is 0 Å². The van der Waals surface area contributed by atoms with E-state index in [1.807, 2.05) is 12.1 Å². The van der Waals surface area contributed by atoms with E-state index in [-0.39, 0.29) is 0 Å². The summed E-state index contributed by atoms with van der Waals surface area (Å²) in [4.78, 5) is 0. The molecule has 1 fully saturated rings. The molecule has 0 radical (unpaired) electrons. The van der Waals surface area contributed by atoms with Crippen molar-refractivity contribution in [2.45, 2.75) is 44.0 Å². The fourth-order valence-corrected chi connectivity index (χ4v) is 3.74. The fraction of sp³-hybridized carbons (Fsp3) is 0.571. The highest BCUT2D eigenvalue weighted by Crippen LogP contribution is 2.30. The van der Waals surface area contributed by atoms with E-state index in [1.54, 1.807) is 0 Å². The van der Waals surface area contributed by atoms with Gasteiger partial charge in [-0.15, -0.1) is 0 Å². The maximum atomic E-state index is 5.95. The SMILES string of the molecule is CCSC1CCCC1NCc1ccccc1N. The van der Waals surface area contributed by atoms with Gasteiger partial charge >= 0.3 is 0 Å². The van der Waals surface area contributed by atoms with Crippen LogP contribution in [0.2, 0.25) is 0 Å². The van der Waals surface area contributed by atoms with Gasteiger partial charge in [-0.1, -0.05) is 31.5 Å². The molecule has 1 aromatic rings. The number of nitrogens with one attached hydrogen (secondary N) is 1. The summed E-state index contributed by atoms with van der Waals surface area (Å²) in [5, 5.41) is 4.47. The lowest BCUT2D eigenvalue weighted by Crippen LogP contribution is -2.33. The minimum atomic E-state index is 0.666. The first-order valence-corrected chi connectivity index (χ1v) is 7.54. The lowest BCUT2D eigenvalue weighted by atomic mass is 10.1. The Labute approximate surface area is 108 Å². The van der Waals surface area contributed by atoms with Gasteiger partial charge in [-0.05, 0) is 30.2 Å². The first-order chi connectivity index (χ1) is 8.31. The lowest BCUT2D eigenvalue weighted by Gasteiger charge is -2.20. The molecule has 2 atom stereocenters. The predicted octanol–water partition coefficient (Wildman–Crippen LogP) is 3.03. The molecule has 1 saturated carbocycles. The van der Waals surface area contributed by atoms with E-state index in [1.165, 1.54) is 30.6 Å². The molecule has 94 valence electrons. The molecule has 1 aliphatic rings. The molecule has 0 aliphatic heterocycles. The van der Waals surface area contributed by atoms with Crippen LogP contribution in [0.1, 0.15) is 31.7 Å². The molecule has 3 N–H and O–H groups in total. The summed E-state index contributed by atoms with van der Waals surface area (Å²) in [5.74, 6) is 1.22. The first-order valence-electron chi connectivity index (χ1n) is 6.49. The summed E-state index contributed by atoms with van der Waals surface area (Å²) in [7, 11) is 0. The van der Waals surface area contributed by atoms with Crippen molar-refractivity contribution in [3.05, 3.63) is 29.8 Å². The lowest BCUT2D eigenvalue weighted by molar-refractivity contribution is 0.532. The molecule has 3 heteroatoms. The topological polar surface area (TPSA) is 38.0 Å². The van der Waals surface area contributed by atoms with E-state index in [0.29, 0.717) is 6.04 Å². The van der Waals surface area contributed by atoms with Gasteiger partial charge in [0.25, 0.3) is 0 Å². The van der Waals surface area contributed by atoms with Crippen LogP contribution in [0.15, 0.2) is 24.3 Å². The summed E-state index contributed by atoms with van der Waals surface area (Å²) in [5.41, 5.74) is 8.08. The van der Waals surface area contributed by atoms with Gasteiger partial charge in [-0.3, -0.25) is 0 Å². The smallest absolute Gasteiger partial charge is 0.0359 e. The van der Waals surface area contributed by atoms with Crippen molar-refractivity contribution >= 4 is 17.4 Å². The second-order valence-electron chi connectivity index (χ2n) is 4.61. The van der Waals surface area contributed by atoms with Crippen LogP contribution in [0.25, 0.3) is 0 Å². The van der Waals surface area contributed by atoms with E-state index in [4.69, 9.17) is 5.73 Å². The van der Waals surface area contributed by atoms with E-state index in [0.717, 1.165) is 17.5 Å². The third-order valence-electron chi connectivity index (χ3n) is 3.44.